The quantitative estimate of drug-likeness (QED) is 0.102. The molecule has 19 heteroatoms. The zero-order valence-electron chi connectivity index (χ0n) is 15.8. The van der Waals surface area contributed by atoms with Crippen molar-refractivity contribution < 1.29 is 80.7 Å². The van der Waals surface area contributed by atoms with Gasteiger partial charge < -0.3 is 14.2 Å². The smallest absolute Gasteiger partial charge is 0.460 e. The summed E-state index contributed by atoms with van der Waals surface area (Å²) in [6.45, 7) is -0.785. The molecule has 1 atom stereocenters. The third-order valence-electron chi connectivity index (χ3n) is 3.36. The highest BCUT2D eigenvalue weighted by Gasteiger charge is 2.68. The summed E-state index contributed by atoms with van der Waals surface area (Å²) in [5.41, 5.74) is 0. The summed E-state index contributed by atoms with van der Waals surface area (Å²) in [6, 6.07) is 0. The molecular formula is C14H14F10O8S. The second kappa shape index (κ2) is 10.4. The van der Waals surface area contributed by atoms with E-state index >= 15 is 0 Å². The molecule has 0 spiro atoms. The molecule has 0 amide bonds. The van der Waals surface area contributed by atoms with Crippen molar-refractivity contribution in [2.24, 2.45) is 0 Å². The van der Waals surface area contributed by atoms with Gasteiger partial charge in [0.05, 0.1) is 13.0 Å². The lowest BCUT2D eigenvalue weighted by Gasteiger charge is -2.32. The van der Waals surface area contributed by atoms with Gasteiger partial charge in [0.25, 0.3) is 0 Å². The molecule has 0 radical (unpaired) electrons. The van der Waals surface area contributed by atoms with Crippen molar-refractivity contribution in [3.8, 4) is 0 Å². The molecule has 0 saturated carbocycles. The fraction of sp³-hybridized carbons (Fsp3) is 0.714. The molecule has 1 N–H and O–H groups in total. The zero-order chi connectivity index (χ0) is 26.5. The van der Waals surface area contributed by atoms with Crippen LogP contribution < -0.4 is 0 Å². The molecule has 0 saturated heterocycles. The molecule has 0 aliphatic carbocycles. The minimum Gasteiger partial charge on any atom is -0.460 e. The predicted octanol–water partition coefficient (Wildman–Crippen LogP) is 3.38. The molecule has 1 unspecified atom stereocenters. The van der Waals surface area contributed by atoms with Crippen LogP contribution in [0.25, 0.3) is 0 Å². The molecule has 0 heterocycles. The second-order valence-electron chi connectivity index (χ2n) is 5.89. The standard InChI is InChI=1S/C14H14F10O8S/c1-2-8(25)32-12(13(20,21)22,9(26)30-7-5-11(17,18)19)31-6-3-4-10(15,16)14(23,24)33(27,28)29/h2H,1,3-7H2,(H,27,28,29). The number of rotatable bonds is 12. The maximum absolute atomic E-state index is 13.5. The van der Waals surface area contributed by atoms with Crippen molar-refractivity contribution >= 4 is 22.1 Å². The van der Waals surface area contributed by atoms with Crippen LogP contribution in [0.15, 0.2) is 12.7 Å². The van der Waals surface area contributed by atoms with Gasteiger partial charge in [-0.15, -0.1) is 0 Å². The Labute approximate surface area is 178 Å². The highest BCUT2D eigenvalue weighted by atomic mass is 32.2. The molecular weight excluding hydrogens is 518 g/mol. The summed E-state index contributed by atoms with van der Waals surface area (Å²) >= 11 is 0. The largest absolute Gasteiger partial charge is 0.468 e. The molecule has 0 aliphatic rings. The molecule has 0 rings (SSSR count). The highest BCUT2D eigenvalue weighted by molar-refractivity contribution is 7.87. The van der Waals surface area contributed by atoms with Gasteiger partial charge in [-0.2, -0.15) is 52.3 Å². The van der Waals surface area contributed by atoms with Gasteiger partial charge in [-0.25, -0.2) is 9.59 Å². The van der Waals surface area contributed by atoms with E-state index in [0.717, 1.165) is 0 Å². The molecule has 0 bridgehead atoms. The summed E-state index contributed by atoms with van der Waals surface area (Å²) in [5.74, 6) is -15.2. The summed E-state index contributed by atoms with van der Waals surface area (Å²) in [4.78, 5) is 23.0. The van der Waals surface area contributed by atoms with Crippen molar-refractivity contribution in [1.29, 1.82) is 0 Å². The van der Waals surface area contributed by atoms with Crippen molar-refractivity contribution in [3.63, 3.8) is 0 Å². The van der Waals surface area contributed by atoms with Gasteiger partial charge in [0, 0.05) is 12.5 Å². The van der Waals surface area contributed by atoms with Crippen LogP contribution in [0.3, 0.4) is 0 Å². The van der Waals surface area contributed by atoms with Crippen LogP contribution in [0.5, 0.6) is 0 Å². The van der Waals surface area contributed by atoms with Gasteiger partial charge in [0.1, 0.15) is 6.61 Å². The summed E-state index contributed by atoms with van der Waals surface area (Å²) in [6.07, 6.45) is -16.8. The van der Waals surface area contributed by atoms with E-state index in [0.29, 0.717) is 0 Å². The van der Waals surface area contributed by atoms with Crippen molar-refractivity contribution in [2.45, 2.75) is 48.6 Å². The number of alkyl halides is 10. The third-order valence-corrected chi connectivity index (χ3v) is 4.31. The van der Waals surface area contributed by atoms with E-state index in [-0.39, 0.29) is 6.08 Å². The zero-order valence-corrected chi connectivity index (χ0v) is 16.6. The van der Waals surface area contributed by atoms with Crippen LogP contribution in [0.1, 0.15) is 19.3 Å². The maximum Gasteiger partial charge on any atom is 0.468 e. The number of carbonyl (C=O) groups is 2. The Morgan fingerprint density at radius 2 is 1.42 bits per heavy atom. The van der Waals surface area contributed by atoms with Crippen molar-refractivity contribution in [3.05, 3.63) is 12.7 Å². The first kappa shape index (κ1) is 30.9. The molecule has 0 aromatic carbocycles. The number of esters is 2. The molecule has 8 nitrogen and oxygen atoms in total. The Morgan fingerprint density at radius 1 is 0.909 bits per heavy atom. The molecule has 0 aliphatic heterocycles. The maximum atomic E-state index is 13.5. The Kier molecular flexibility index (Phi) is 9.73. The number of ether oxygens (including phenoxy) is 3. The van der Waals surface area contributed by atoms with E-state index < -0.39 is 83.8 Å². The number of hydrogen-bond donors (Lipinski definition) is 1. The first-order valence-electron chi connectivity index (χ1n) is 8.07. The van der Waals surface area contributed by atoms with E-state index in [9.17, 15) is 61.9 Å². The number of hydrogen-bond acceptors (Lipinski definition) is 7. The highest BCUT2D eigenvalue weighted by Crippen LogP contribution is 2.42. The van der Waals surface area contributed by atoms with Crippen LogP contribution in [-0.4, -0.2) is 67.4 Å². The van der Waals surface area contributed by atoms with E-state index in [1.807, 2.05) is 0 Å². The SMILES string of the molecule is C=CC(=O)OC(OCCCC(F)(F)C(F)(F)S(=O)(=O)O)(C(=O)OCCC(F)(F)F)C(F)(F)F. The van der Waals surface area contributed by atoms with Gasteiger partial charge >= 0.3 is 51.4 Å². The van der Waals surface area contributed by atoms with Crippen LogP contribution in [0, 0.1) is 0 Å². The third kappa shape index (κ3) is 7.98. The van der Waals surface area contributed by atoms with Gasteiger partial charge in [-0.05, 0) is 6.42 Å². The monoisotopic (exact) mass is 532 g/mol. The second-order valence-corrected chi connectivity index (χ2v) is 7.35. The van der Waals surface area contributed by atoms with E-state index in [1.54, 1.807) is 0 Å². The first-order valence-corrected chi connectivity index (χ1v) is 9.51. The summed E-state index contributed by atoms with van der Waals surface area (Å²) in [5, 5.41) is -6.06. The van der Waals surface area contributed by atoms with E-state index in [4.69, 9.17) is 4.55 Å². The molecule has 194 valence electrons. The number of carbonyl (C=O) groups excluding carboxylic acids is 2. The predicted molar refractivity (Wildman–Crippen MR) is 83.3 cm³/mol. The summed E-state index contributed by atoms with van der Waals surface area (Å²) in [7, 11) is -6.65. The average Bonchev–Trinajstić information content (AvgIpc) is 2.60. The minimum atomic E-state index is -6.65. The minimum absolute atomic E-state index is 0.0493. The molecule has 0 fully saturated rings. The van der Waals surface area contributed by atoms with Gasteiger partial charge in [-0.1, -0.05) is 6.58 Å². The van der Waals surface area contributed by atoms with Crippen molar-refractivity contribution in [1.82, 2.24) is 0 Å². The van der Waals surface area contributed by atoms with Gasteiger partial charge in [0.15, 0.2) is 0 Å². The summed E-state index contributed by atoms with van der Waals surface area (Å²) < 4.78 is 170. The lowest BCUT2D eigenvalue weighted by Crippen LogP contribution is -2.58. The fourth-order valence-corrected chi connectivity index (χ4v) is 2.25. The Morgan fingerprint density at radius 3 is 1.82 bits per heavy atom. The van der Waals surface area contributed by atoms with Gasteiger partial charge in [-0.3, -0.25) is 4.55 Å². The van der Waals surface area contributed by atoms with Crippen molar-refractivity contribution in [2.75, 3.05) is 13.2 Å². The molecule has 0 aromatic heterocycles. The lowest BCUT2D eigenvalue weighted by molar-refractivity contribution is -0.355. The van der Waals surface area contributed by atoms with E-state index in [2.05, 4.69) is 20.8 Å². The van der Waals surface area contributed by atoms with Crippen LogP contribution in [-0.2, 0) is 33.9 Å². The van der Waals surface area contributed by atoms with Crippen LogP contribution >= 0.6 is 0 Å². The topological polar surface area (TPSA) is 116 Å². The van der Waals surface area contributed by atoms with Gasteiger partial charge in [0.2, 0.25) is 0 Å². The normalized spacial score (nSPS) is 15.5. The molecule has 0 aromatic rings. The average molecular weight is 532 g/mol. The van der Waals surface area contributed by atoms with Crippen LogP contribution in [0.4, 0.5) is 43.9 Å². The Bertz CT molecular complexity index is 821. The van der Waals surface area contributed by atoms with Crippen LogP contribution in [0.2, 0.25) is 0 Å². The Balaban J connectivity index is 5.69. The Hall–Kier alpha value is -2.15. The fourth-order valence-electron chi connectivity index (χ4n) is 1.77. The lowest BCUT2D eigenvalue weighted by atomic mass is 10.2. The first-order chi connectivity index (χ1) is 14.5. The molecule has 33 heavy (non-hydrogen) atoms. The number of halogens is 10. The van der Waals surface area contributed by atoms with E-state index in [1.165, 1.54) is 0 Å².